The van der Waals surface area contributed by atoms with Gasteiger partial charge in [-0.2, -0.15) is 5.10 Å². The summed E-state index contributed by atoms with van der Waals surface area (Å²) >= 11 is 0. The number of anilines is 1. The summed E-state index contributed by atoms with van der Waals surface area (Å²) in [6.07, 6.45) is 4.13. The Kier molecular flexibility index (Phi) is 4.29. The zero-order chi connectivity index (χ0) is 15.4. The minimum Gasteiger partial charge on any atom is -0.396 e. The van der Waals surface area contributed by atoms with Crippen LogP contribution in [0.4, 0.5) is 5.82 Å². The molecule has 0 fully saturated rings. The Labute approximate surface area is 128 Å². The molecule has 0 saturated heterocycles. The van der Waals surface area contributed by atoms with Gasteiger partial charge >= 0.3 is 0 Å². The Hall–Kier alpha value is -2.47. The van der Waals surface area contributed by atoms with Crippen molar-refractivity contribution < 1.29 is 5.11 Å². The first-order valence-corrected chi connectivity index (χ1v) is 7.32. The SMILES string of the molecule is Cn1cc2c(NCC(CCO)c3ccccc3)ncnc2n1. The second-order valence-electron chi connectivity index (χ2n) is 5.26. The van der Waals surface area contributed by atoms with Gasteiger partial charge in [0.15, 0.2) is 5.65 Å². The lowest BCUT2D eigenvalue weighted by molar-refractivity contribution is 0.277. The highest BCUT2D eigenvalue weighted by Crippen LogP contribution is 2.22. The number of rotatable bonds is 6. The van der Waals surface area contributed by atoms with Gasteiger partial charge in [-0.3, -0.25) is 4.68 Å². The maximum atomic E-state index is 9.30. The van der Waals surface area contributed by atoms with Crippen molar-refractivity contribution >= 4 is 16.9 Å². The van der Waals surface area contributed by atoms with Crippen molar-refractivity contribution in [3.63, 3.8) is 0 Å². The Morgan fingerprint density at radius 1 is 1.23 bits per heavy atom. The van der Waals surface area contributed by atoms with Crippen molar-refractivity contribution in [3.05, 3.63) is 48.4 Å². The third kappa shape index (κ3) is 3.07. The second-order valence-corrected chi connectivity index (χ2v) is 5.26. The standard InChI is InChI=1S/C16H19N5O/c1-21-10-14-15(18-11-19-16(14)20-21)17-9-13(7-8-22)12-5-3-2-4-6-12/h2-6,10-11,13,22H,7-9H2,1H3,(H,17,18,19,20). The predicted octanol–water partition coefficient (Wildman–Crippen LogP) is 1.94. The Balaban J connectivity index is 1.79. The zero-order valence-corrected chi connectivity index (χ0v) is 12.5. The van der Waals surface area contributed by atoms with E-state index in [1.54, 1.807) is 4.68 Å². The van der Waals surface area contributed by atoms with Gasteiger partial charge in [-0.25, -0.2) is 9.97 Å². The van der Waals surface area contributed by atoms with Crippen LogP contribution >= 0.6 is 0 Å². The molecular weight excluding hydrogens is 278 g/mol. The van der Waals surface area contributed by atoms with Crippen molar-refractivity contribution in [2.24, 2.45) is 7.05 Å². The van der Waals surface area contributed by atoms with E-state index in [-0.39, 0.29) is 12.5 Å². The highest BCUT2D eigenvalue weighted by Gasteiger charge is 2.13. The number of benzene rings is 1. The molecule has 0 aliphatic carbocycles. The van der Waals surface area contributed by atoms with Crippen LogP contribution in [-0.2, 0) is 7.05 Å². The lowest BCUT2D eigenvalue weighted by Crippen LogP contribution is -2.15. The van der Waals surface area contributed by atoms with Crippen LogP contribution in [0.15, 0.2) is 42.9 Å². The van der Waals surface area contributed by atoms with E-state index in [0.29, 0.717) is 18.6 Å². The van der Waals surface area contributed by atoms with Crippen molar-refractivity contribution in [1.29, 1.82) is 0 Å². The fourth-order valence-electron chi connectivity index (χ4n) is 2.58. The third-order valence-electron chi connectivity index (χ3n) is 3.70. The van der Waals surface area contributed by atoms with E-state index in [0.717, 1.165) is 11.2 Å². The summed E-state index contributed by atoms with van der Waals surface area (Å²) in [6, 6.07) is 10.2. The number of hydrogen-bond acceptors (Lipinski definition) is 5. The summed E-state index contributed by atoms with van der Waals surface area (Å²) in [7, 11) is 1.87. The number of hydrogen-bond donors (Lipinski definition) is 2. The lowest BCUT2D eigenvalue weighted by Gasteiger charge is -2.17. The first kappa shape index (κ1) is 14.5. The number of aliphatic hydroxyl groups excluding tert-OH is 1. The average molecular weight is 297 g/mol. The highest BCUT2D eigenvalue weighted by atomic mass is 16.3. The minimum atomic E-state index is 0.160. The Bertz CT molecular complexity index is 741. The van der Waals surface area contributed by atoms with Crippen LogP contribution in [-0.4, -0.2) is 38.0 Å². The van der Waals surface area contributed by atoms with Gasteiger partial charge < -0.3 is 10.4 Å². The van der Waals surface area contributed by atoms with Crippen LogP contribution in [0.2, 0.25) is 0 Å². The van der Waals surface area contributed by atoms with Gasteiger partial charge in [0.2, 0.25) is 0 Å². The van der Waals surface area contributed by atoms with E-state index >= 15 is 0 Å². The number of aryl methyl sites for hydroxylation is 1. The van der Waals surface area contributed by atoms with E-state index in [1.165, 1.54) is 11.9 Å². The van der Waals surface area contributed by atoms with E-state index in [2.05, 4.69) is 32.5 Å². The first-order chi connectivity index (χ1) is 10.8. The van der Waals surface area contributed by atoms with Gasteiger partial charge in [0.25, 0.3) is 0 Å². The van der Waals surface area contributed by atoms with E-state index in [1.807, 2.05) is 31.4 Å². The first-order valence-electron chi connectivity index (χ1n) is 7.32. The van der Waals surface area contributed by atoms with Crippen LogP contribution in [0, 0.1) is 0 Å². The van der Waals surface area contributed by atoms with Crippen molar-refractivity contribution in [2.45, 2.75) is 12.3 Å². The Morgan fingerprint density at radius 3 is 2.82 bits per heavy atom. The molecule has 0 bridgehead atoms. The molecule has 2 N–H and O–H groups in total. The number of aromatic nitrogens is 4. The van der Waals surface area contributed by atoms with Crippen LogP contribution in [0.3, 0.4) is 0 Å². The van der Waals surface area contributed by atoms with E-state index in [4.69, 9.17) is 0 Å². The number of nitrogens with one attached hydrogen (secondary N) is 1. The third-order valence-corrected chi connectivity index (χ3v) is 3.70. The number of aliphatic hydroxyl groups is 1. The van der Waals surface area contributed by atoms with Gasteiger partial charge in [-0.15, -0.1) is 0 Å². The average Bonchev–Trinajstić information content (AvgIpc) is 2.93. The number of fused-ring (bicyclic) bond motifs is 1. The molecule has 0 saturated carbocycles. The van der Waals surface area contributed by atoms with Gasteiger partial charge in [-0.05, 0) is 12.0 Å². The topological polar surface area (TPSA) is 75.9 Å². The molecular formula is C16H19N5O. The fourth-order valence-corrected chi connectivity index (χ4v) is 2.58. The van der Waals surface area contributed by atoms with Gasteiger partial charge in [0, 0.05) is 32.3 Å². The molecule has 1 atom stereocenters. The van der Waals surface area contributed by atoms with Crippen LogP contribution in [0.1, 0.15) is 17.9 Å². The molecule has 114 valence electrons. The predicted molar refractivity (Wildman–Crippen MR) is 85.7 cm³/mol. The van der Waals surface area contributed by atoms with Crippen molar-refractivity contribution in [3.8, 4) is 0 Å². The zero-order valence-electron chi connectivity index (χ0n) is 12.5. The van der Waals surface area contributed by atoms with Crippen LogP contribution in [0.25, 0.3) is 11.0 Å². The van der Waals surface area contributed by atoms with Gasteiger partial charge in [-0.1, -0.05) is 30.3 Å². The smallest absolute Gasteiger partial charge is 0.186 e. The fraction of sp³-hybridized carbons (Fsp3) is 0.312. The molecule has 0 aliphatic rings. The quantitative estimate of drug-likeness (QED) is 0.727. The van der Waals surface area contributed by atoms with Gasteiger partial charge in [0.1, 0.15) is 12.1 Å². The monoisotopic (exact) mass is 297 g/mol. The highest BCUT2D eigenvalue weighted by molar-refractivity contribution is 5.85. The van der Waals surface area contributed by atoms with Crippen LogP contribution in [0.5, 0.6) is 0 Å². The molecule has 0 aliphatic heterocycles. The van der Waals surface area contributed by atoms with Gasteiger partial charge in [0.05, 0.1) is 5.39 Å². The molecule has 0 radical (unpaired) electrons. The molecule has 1 unspecified atom stereocenters. The van der Waals surface area contributed by atoms with Crippen LogP contribution < -0.4 is 5.32 Å². The summed E-state index contributed by atoms with van der Waals surface area (Å²) in [4.78, 5) is 8.47. The summed E-state index contributed by atoms with van der Waals surface area (Å²) < 4.78 is 1.73. The number of nitrogens with zero attached hydrogens (tertiary/aromatic N) is 4. The maximum absolute atomic E-state index is 9.30. The van der Waals surface area contributed by atoms with Crippen molar-refractivity contribution in [2.75, 3.05) is 18.5 Å². The molecule has 3 aromatic rings. The molecule has 6 nitrogen and oxygen atoms in total. The summed E-state index contributed by atoms with van der Waals surface area (Å²) in [6.45, 7) is 0.860. The summed E-state index contributed by atoms with van der Waals surface area (Å²) in [5.41, 5.74) is 1.89. The second kappa shape index (κ2) is 6.53. The molecule has 3 rings (SSSR count). The molecule has 1 aromatic carbocycles. The molecule has 0 amide bonds. The summed E-state index contributed by atoms with van der Waals surface area (Å²) in [5, 5.41) is 17.9. The molecule has 22 heavy (non-hydrogen) atoms. The lowest BCUT2D eigenvalue weighted by atomic mass is 9.96. The largest absolute Gasteiger partial charge is 0.396 e. The Morgan fingerprint density at radius 2 is 2.05 bits per heavy atom. The molecule has 6 heteroatoms. The summed E-state index contributed by atoms with van der Waals surface area (Å²) in [5.74, 6) is 1.00. The van der Waals surface area contributed by atoms with E-state index < -0.39 is 0 Å². The minimum absolute atomic E-state index is 0.160. The maximum Gasteiger partial charge on any atom is 0.186 e. The molecule has 2 aromatic heterocycles. The molecule has 0 spiro atoms. The van der Waals surface area contributed by atoms with Crippen molar-refractivity contribution in [1.82, 2.24) is 19.7 Å². The van der Waals surface area contributed by atoms with E-state index in [9.17, 15) is 5.11 Å². The molecule has 2 heterocycles. The normalized spacial score (nSPS) is 12.5.